The zero-order chi connectivity index (χ0) is 11.7. The van der Waals surface area contributed by atoms with E-state index in [1.165, 1.54) is 25.3 Å². The minimum absolute atomic E-state index is 0.128. The summed E-state index contributed by atoms with van der Waals surface area (Å²) < 4.78 is 18.0. The Morgan fingerprint density at radius 1 is 1.50 bits per heavy atom. The predicted molar refractivity (Wildman–Crippen MR) is 55.0 cm³/mol. The van der Waals surface area contributed by atoms with E-state index < -0.39 is 11.8 Å². The zero-order valence-electron chi connectivity index (χ0n) is 8.41. The van der Waals surface area contributed by atoms with Crippen LogP contribution in [-0.4, -0.2) is 24.3 Å². The molecule has 5 heteroatoms. The van der Waals surface area contributed by atoms with Crippen LogP contribution >= 0.6 is 0 Å². The molecular weight excluding hydrogens is 213 g/mol. The summed E-state index contributed by atoms with van der Waals surface area (Å²) >= 11 is 0. The van der Waals surface area contributed by atoms with Crippen LogP contribution in [0.2, 0.25) is 0 Å². The van der Waals surface area contributed by atoms with Crippen molar-refractivity contribution in [1.82, 2.24) is 4.98 Å². The summed E-state index contributed by atoms with van der Waals surface area (Å²) in [6.07, 6.45) is 0.396. The number of H-pyrrole nitrogens is 1. The lowest BCUT2D eigenvalue weighted by Crippen LogP contribution is -2.00. The van der Waals surface area contributed by atoms with Gasteiger partial charge in [-0.25, -0.2) is 9.18 Å². The number of carbonyl (C=O) groups excluding carboxylic acids is 2. The van der Waals surface area contributed by atoms with E-state index in [1.807, 2.05) is 0 Å². The molecule has 0 saturated carbocycles. The minimum atomic E-state index is -0.610. The van der Waals surface area contributed by atoms with Gasteiger partial charge in [-0.05, 0) is 18.2 Å². The van der Waals surface area contributed by atoms with Gasteiger partial charge >= 0.3 is 5.97 Å². The lowest BCUT2D eigenvalue weighted by molar-refractivity contribution is 0.0601. The van der Waals surface area contributed by atoms with E-state index in [-0.39, 0.29) is 11.1 Å². The van der Waals surface area contributed by atoms with Gasteiger partial charge in [0, 0.05) is 10.9 Å². The SMILES string of the molecule is COC(=O)c1ccc2c(F)c(C=O)[nH]c2c1. The molecule has 0 amide bonds. The normalized spacial score (nSPS) is 10.4. The topological polar surface area (TPSA) is 59.2 Å². The van der Waals surface area contributed by atoms with Crippen LogP contribution in [0, 0.1) is 5.82 Å². The number of rotatable bonds is 2. The van der Waals surface area contributed by atoms with Crippen molar-refractivity contribution in [3.05, 3.63) is 35.3 Å². The van der Waals surface area contributed by atoms with E-state index in [0.717, 1.165) is 0 Å². The molecule has 1 aromatic carbocycles. The number of ether oxygens (including phenoxy) is 1. The van der Waals surface area contributed by atoms with Gasteiger partial charge < -0.3 is 9.72 Å². The largest absolute Gasteiger partial charge is 0.465 e. The molecule has 0 atom stereocenters. The maximum Gasteiger partial charge on any atom is 0.337 e. The van der Waals surface area contributed by atoms with Gasteiger partial charge in [0.25, 0.3) is 0 Å². The number of benzene rings is 1. The summed E-state index contributed by atoms with van der Waals surface area (Å²) in [5.41, 5.74) is 0.563. The highest BCUT2D eigenvalue weighted by Crippen LogP contribution is 2.21. The fourth-order valence-corrected chi connectivity index (χ4v) is 1.51. The number of nitrogens with one attached hydrogen (secondary N) is 1. The highest BCUT2D eigenvalue weighted by Gasteiger charge is 2.13. The Morgan fingerprint density at radius 2 is 2.25 bits per heavy atom. The number of halogens is 1. The molecule has 1 aromatic heterocycles. The van der Waals surface area contributed by atoms with Gasteiger partial charge in [0.2, 0.25) is 0 Å². The van der Waals surface area contributed by atoms with Crippen LogP contribution in [0.4, 0.5) is 4.39 Å². The molecule has 4 nitrogen and oxygen atoms in total. The van der Waals surface area contributed by atoms with Crippen LogP contribution < -0.4 is 0 Å². The van der Waals surface area contributed by atoms with Gasteiger partial charge in [0.1, 0.15) is 5.69 Å². The minimum Gasteiger partial charge on any atom is -0.465 e. The maximum absolute atomic E-state index is 13.5. The van der Waals surface area contributed by atoms with E-state index >= 15 is 0 Å². The van der Waals surface area contributed by atoms with Crippen molar-refractivity contribution in [2.75, 3.05) is 7.11 Å². The third-order valence-electron chi connectivity index (χ3n) is 2.30. The quantitative estimate of drug-likeness (QED) is 0.622. The lowest BCUT2D eigenvalue weighted by Gasteiger charge is -1.98. The van der Waals surface area contributed by atoms with E-state index in [4.69, 9.17) is 0 Å². The molecule has 0 aliphatic rings. The average molecular weight is 221 g/mol. The van der Waals surface area contributed by atoms with Gasteiger partial charge in [-0.2, -0.15) is 0 Å². The Balaban J connectivity index is 2.63. The van der Waals surface area contributed by atoms with E-state index in [2.05, 4.69) is 9.72 Å². The van der Waals surface area contributed by atoms with Crippen molar-refractivity contribution in [3.8, 4) is 0 Å². The van der Waals surface area contributed by atoms with Crippen molar-refractivity contribution in [2.45, 2.75) is 0 Å². The number of fused-ring (bicyclic) bond motifs is 1. The Kier molecular flexibility index (Phi) is 2.44. The molecule has 0 saturated heterocycles. The molecule has 82 valence electrons. The fourth-order valence-electron chi connectivity index (χ4n) is 1.51. The zero-order valence-corrected chi connectivity index (χ0v) is 8.41. The third-order valence-corrected chi connectivity index (χ3v) is 2.30. The van der Waals surface area contributed by atoms with Gasteiger partial charge in [-0.15, -0.1) is 0 Å². The molecule has 0 aliphatic carbocycles. The smallest absolute Gasteiger partial charge is 0.337 e. The van der Waals surface area contributed by atoms with Crippen molar-refractivity contribution >= 4 is 23.2 Å². The Hall–Kier alpha value is -2.17. The Labute approximate surface area is 90.0 Å². The third kappa shape index (κ3) is 1.46. The molecule has 0 bridgehead atoms. The summed E-state index contributed by atoms with van der Waals surface area (Å²) in [7, 11) is 1.26. The number of aldehydes is 1. The summed E-state index contributed by atoms with van der Waals surface area (Å²) in [6.45, 7) is 0. The second kappa shape index (κ2) is 3.77. The molecule has 1 heterocycles. The predicted octanol–water partition coefficient (Wildman–Crippen LogP) is 1.91. The Morgan fingerprint density at radius 3 is 2.88 bits per heavy atom. The number of aromatic amines is 1. The molecule has 0 fully saturated rings. The average Bonchev–Trinajstić information content (AvgIpc) is 2.64. The number of hydrogen-bond donors (Lipinski definition) is 1. The lowest BCUT2D eigenvalue weighted by atomic mass is 10.1. The number of esters is 1. The monoisotopic (exact) mass is 221 g/mol. The molecule has 0 aliphatic heterocycles. The fraction of sp³-hybridized carbons (Fsp3) is 0.0909. The summed E-state index contributed by atoms with van der Waals surface area (Å²) in [5.74, 6) is -1.12. The molecule has 0 radical (unpaired) electrons. The van der Waals surface area contributed by atoms with Crippen LogP contribution in [0.25, 0.3) is 10.9 Å². The van der Waals surface area contributed by atoms with Crippen LogP contribution in [0.15, 0.2) is 18.2 Å². The molecule has 2 aromatic rings. The molecule has 0 unspecified atom stereocenters. The second-order valence-electron chi connectivity index (χ2n) is 3.22. The number of carbonyl (C=O) groups is 2. The maximum atomic E-state index is 13.5. The number of methoxy groups -OCH3 is 1. The highest BCUT2D eigenvalue weighted by molar-refractivity contribution is 5.96. The van der Waals surface area contributed by atoms with Crippen LogP contribution in [0.5, 0.6) is 0 Å². The van der Waals surface area contributed by atoms with Gasteiger partial charge in [0.05, 0.1) is 12.7 Å². The van der Waals surface area contributed by atoms with Crippen LogP contribution in [0.3, 0.4) is 0 Å². The molecule has 2 rings (SSSR count). The van der Waals surface area contributed by atoms with E-state index in [0.29, 0.717) is 17.4 Å². The number of aromatic nitrogens is 1. The van der Waals surface area contributed by atoms with E-state index in [1.54, 1.807) is 0 Å². The van der Waals surface area contributed by atoms with Gasteiger partial charge in [0.15, 0.2) is 12.1 Å². The van der Waals surface area contributed by atoms with Gasteiger partial charge in [-0.1, -0.05) is 0 Å². The summed E-state index contributed by atoms with van der Waals surface area (Å²) in [4.78, 5) is 24.3. The first-order valence-electron chi connectivity index (χ1n) is 4.52. The molecule has 1 N–H and O–H groups in total. The van der Waals surface area contributed by atoms with Gasteiger partial charge in [-0.3, -0.25) is 4.79 Å². The Bertz CT molecular complexity index is 574. The molecule has 16 heavy (non-hydrogen) atoms. The highest BCUT2D eigenvalue weighted by atomic mass is 19.1. The summed E-state index contributed by atoms with van der Waals surface area (Å²) in [5, 5.41) is 0.273. The van der Waals surface area contributed by atoms with Crippen LogP contribution in [-0.2, 0) is 4.74 Å². The molecular formula is C11H8FNO3. The first kappa shape index (κ1) is 10.4. The van der Waals surface area contributed by atoms with Crippen LogP contribution in [0.1, 0.15) is 20.8 Å². The van der Waals surface area contributed by atoms with Crippen molar-refractivity contribution in [3.63, 3.8) is 0 Å². The van der Waals surface area contributed by atoms with Crippen molar-refractivity contribution in [1.29, 1.82) is 0 Å². The standard InChI is InChI=1S/C11H8FNO3/c1-16-11(15)6-2-3-7-8(4-6)13-9(5-14)10(7)12/h2-5,13H,1H3. The molecule has 0 spiro atoms. The first-order chi connectivity index (χ1) is 7.67. The van der Waals surface area contributed by atoms with Crippen molar-refractivity contribution in [2.24, 2.45) is 0 Å². The van der Waals surface area contributed by atoms with E-state index in [9.17, 15) is 14.0 Å². The van der Waals surface area contributed by atoms with Crippen molar-refractivity contribution < 1.29 is 18.7 Å². The summed E-state index contributed by atoms with van der Waals surface area (Å²) in [6, 6.07) is 4.32. The first-order valence-corrected chi connectivity index (χ1v) is 4.52. The second-order valence-corrected chi connectivity index (χ2v) is 3.22. The number of hydrogen-bond acceptors (Lipinski definition) is 3.